The molecule has 156 valence electrons. The lowest BCUT2D eigenvalue weighted by Crippen LogP contribution is -2.43. The summed E-state index contributed by atoms with van der Waals surface area (Å²) in [6.07, 6.45) is 0. The van der Waals surface area contributed by atoms with Gasteiger partial charge in [0.1, 0.15) is 0 Å². The van der Waals surface area contributed by atoms with Gasteiger partial charge in [0.15, 0.2) is 11.7 Å². The SMILES string of the molecule is Cc1cccc(N(C(=O)c2csnn2)[C@H](C(=O)NCc2ccccc2)c2cccs2)c1. The summed E-state index contributed by atoms with van der Waals surface area (Å²) in [6.45, 7) is 2.32. The Morgan fingerprint density at radius 2 is 1.90 bits per heavy atom. The summed E-state index contributed by atoms with van der Waals surface area (Å²) in [5.41, 5.74) is 2.81. The van der Waals surface area contributed by atoms with Gasteiger partial charge in [0.2, 0.25) is 5.91 Å². The third kappa shape index (κ3) is 4.87. The minimum atomic E-state index is -0.834. The number of hydrogen-bond donors (Lipinski definition) is 1. The number of anilines is 1. The molecule has 0 radical (unpaired) electrons. The Balaban J connectivity index is 1.73. The van der Waals surface area contributed by atoms with Crippen molar-refractivity contribution in [3.8, 4) is 0 Å². The van der Waals surface area contributed by atoms with Crippen LogP contribution in [-0.2, 0) is 11.3 Å². The van der Waals surface area contributed by atoms with Crippen LogP contribution in [0, 0.1) is 6.92 Å². The maximum Gasteiger partial charge on any atom is 0.280 e. The van der Waals surface area contributed by atoms with Crippen LogP contribution in [0.1, 0.15) is 32.5 Å². The van der Waals surface area contributed by atoms with E-state index in [4.69, 9.17) is 0 Å². The lowest BCUT2D eigenvalue weighted by atomic mass is 10.1. The number of aromatic nitrogens is 2. The van der Waals surface area contributed by atoms with E-state index in [1.54, 1.807) is 5.38 Å². The molecule has 31 heavy (non-hydrogen) atoms. The Hall–Kier alpha value is -3.36. The van der Waals surface area contributed by atoms with Crippen LogP contribution in [0.5, 0.6) is 0 Å². The maximum atomic E-state index is 13.5. The molecular formula is C23H20N4O2S2. The van der Waals surface area contributed by atoms with E-state index in [2.05, 4.69) is 14.9 Å². The van der Waals surface area contributed by atoms with Gasteiger partial charge >= 0.3 is 0 Å². The average Bonchev–Trinajstić information content (AvgIpc) is 3.50. The van der Waals surface area contributed by atoms with E-state index in [9.17, 15) is 9.59 Å². The Morgan fingerprint density at radius 3 is 2.58 bits per heavy atom. The van der Waals surface area contributed by atoms with Gasteiger partial charge in [0.05, 0.1) is 0 Å². The number of nitrogens with zero attached hydrogens (tertiary/aromatic N) is 3. The molecule has 1 N–H and O–H groups in total. The van der Waals surface area contributed by atoms with E-state index in [1.165, 1.54) is 16.2 Å². The highest BCUT2D eigenvalue weighted by atomic mass is 32.1. The number of carbonyl (C=O) groups is 2. The van der Waals surface area contributed by atoms with Crippen LogP contribution in [0.2, 0.25) is 0 Å². The monoisotopic (exact) mass is 448 g/mol. The fraction of sp³-hybridized carbons (Fsp3) is 0.130. The van der Waals surface area contributed by atoms with Gasteiger partial charge in [-0.25, -0.2) is 0 Å². The first-order valence-electron chi connectivity index (χ1n) is 9.66. The number of amides is 2. The van der Waals surface area contributed by atoms with Crippen molar-refractivity contribution in [3.05, 3.63) is 99.2 Å². The summed E-state index contributed by atoms with van der Waals surface area (Å²) >= 11 is 2.54. The van der Waals surface area contributed by atoms with Crippen LogP contribution < -0.4 is 10.2 Å². The van der Waals surface area contributed by atoms with Crippen molar-refractivity contribution in [2.75, 3.05) is 4.90 Å². The van der Waals surface area contributed by atoms with Crippen LogP contribution in [0.25, 0.3) is 0 Å². The van der Waals surface area contributed by atoms with E-state index < -0.39 is 6.04 Å². The third-order valence-electron chi connectivity index (χ3n) is 4.71. The molecule has 2 amide bonds. The van der Waals surface area contributed by atoms with E-state index in [0.29, 0.717) is 12.2 Å². The van der Waals surface area contributed by atoms with Crippen molar-refractivity contribution >= 4 is 40.4 Å². The molecule has 0 saturated carbocycles. The minimum Gasteiger partial charge on any atom is -0.350 e. The highest BCUT2D eigenvalue weighted by molar-refractivity contribution is 7.10. The number of hydrogen-bond acceptors (Lipinski definition) is 6. The molecule has 0 aliphatic rings. The summed E-state index contributed by atoms with van der Waals surface area (Å²) in [7, 11) is 0. The van der Waals surface area contributed by atoms with E-state index >= 15 is 0 Å². The van der Waals surface area contributed by atoms with Crippen LogP contribution in [0.4, 0.5) is 5.69 Å². The van der Waals surface area contributed by atoms with Gasteiger partial charge < -0.3 is 5.32 Å². The maximum absolute atomic E-state index is 13.5. The molecule has 4 aromatic rings. The summed E-state index contributed by atoms with van der Waals surface area (Å²) in [6, 6.07) is 20.1. The van der Waals surface area contributed by atoms with Crippen molar-refractivity contribution in [3.63, 3.8) is 0 Å². The van der Waals surface area contributed by atoms with E-state index in [-0.39, 0.29) is 17.5 Å². The standard InChI is InChI=1S/C23H20N4O2S2/c1-16-7-5-10-18(13-16)27(23(29)19-15-31-26-25-19)21(20-11-6-12-30-20)22(28)24-14-17-8-3-2-4-9-17/h2-13,15,21H,14H2,1H3,(H,24,28)/t21-/m0/s1. The van der Waals surface area contributed by atoms with Gasteiger partial charge in [-0.05, 0) is 53.2 Å². The highest BCUT2D eigenvalue weighted by Crippen LogP contribution is 2.32. The lowest BCUT2D eigenvalue weighted by molar-refractivity contribution is -0.122. The largest absolute Gasteiger partial charge is 0.350 e. The van der Waals surface area contributed by atoms with Crippen LogP contribution in [0.15, 0.2) is 77.5 Å². The van der Waals surface area contributed by atoms with Gasteiger partial charge in [-0.2, -0.15) is 0 Å². The molecule has 0 fully saturated rings. The molecule has 0 spiro atoms. The predicted molar refractivity (Wildman–Crippen MR) is 123 cm³/mol. The van der Waals surface area contributed by atoms with Crippen LogP contribution in [0.3, 0.4) is 0 Å². The normalized spacial score (nSPS) is 11.6. The molecule has 0 bridgehead atoms. The van der Waals surface area contributed by atoms with Crippen LogP contribution >= 0.6 is 22.9 Å². The number of nitrogens with one attached hydrogen (secondary N) is 1. The average molecular weight is 449 g/mol. The summed E-state index contributed by atoms with van der Waals surface area (Å²) in [5.74, 6) is -0.628. The Morgan fingerprint density at radius 1 is 1.06 bits per heavy atom. The Kier molecular flexibility index (Phi) is 6.49. The van der Waals surface area contributed by atoms with Gasteiger partial charge in [-0.15, -0.1) is 16.4 Å². The second-order valence-corrected chi connectivity index (χ2v) is 8.51. The quantitative estimate of drug-likeness (QED) is 0.448. The lowest BCUT2D eigenvalue weighted by Gasteiger charge is -2.30. The topological polar surface area (TPSA) is 75.2 Å². The third-order valence-corrected chi connectivity index (χ3v) is 6.14. The van der Waals surface area contributed by atoms with Crippen molar-refractivity contribution < 1.29 is 9.59 Å². The summed E-state index contributed by atoms with van der Waals surface area (Å²) in [4.78, 5) is 29.2. The zero-order valence-corrected chi connectivity index (χ0v) is 18.4. The second kappa shape index (κ2) is 9.63. The van der Waals surface area contributed by atoms with Crippen molar-refractivity contribution in [1.29, 1.82) is 0 Å². The first-order chi connectivity index (χ1) is 15.1. The van der Waals surface area contributed by atoms with Gasteiger partial charge in [0.25, 0.3) is 5.91 Å². The van der Waals surface area contributed by atoms with Crippen LogP contribution in [-0.4, -0.2) is 21.4 Å². The molecule has 2 heterocycles. The molecule has 0 aliphatic carbocycles. The van der Waals surface area contributed by atoms with Crippen molar-refractivity contribution in [2.24, 2.45) is 0 Å². The van der Waals surface area contributed by atoms with Gasteiger partial charge in [-0.1, -0.05) is 53.0 Å². The Bertz CT molecular complexity index is 1150. The molecule has 0 aliphatic heterocycles. The van der Waals surface area contributed by atoms with Crippen molar-refractivity contribution in [2.45, 2.75) is 19.5 Å². The highest BCUT2D eigenvalue weighted by Gasteiger charge is 2.35. The fourth-order valence-corrected chi connectivity index (χ4v) is 4.49. The number of rotatable bonds is 7. The molecule has 0 unspecified atom stereocenters. The molecule has 0 saturated heterocycles. The number of thiophene rings is 1. The molecular weight excluding hydrogens is 428 g/mol. The predicted octanol–water partition coefficient (Wildman–Crippen LogP) is 4.61. The molecule has 2 aromatic carbocycles. The first-order valence-corrected chi connectivity index (χ1v) is 11.4. The van der Waals surface area contributed by atoms with E-state index in [1.807, 2.05) is 79.0 Å². The fourth-order valence-electron chi connectivity index (χ4n) is 3.24. The summed E-state index contributed by atoms with van der Waals surface area (Å²) in [5, 5.41) is 10.4. The molecule has 4 rings (SSSR count). The summed E-state index contributed by atoms with van der Waals surface area (Å²) < 4.78 is 3.83. The smallest absolute Gasteiger partial charge is 0.280 e. The minimum absolute atomic E-state index is 0.212. The zero-order chi connectivity index (χ0) is 21.6. The molecule has 2 aromatic heterocycles. The molecule has 1 atom stereocenters. The molecule has 8 heteroatoms. The zero-order valence-electron chi connectivity index (χ0n) is 16.8. The van der Waals surface area contributed by atoms with E-state index in [0.717, 1.165) is 27.5 Å². The number of aryl methyl sites for hydroxylation is 1. The van der Waals surface area contributed by atoms with Gasteiger partial charge in [-0.3, -0.25) is 14.5 Å². The number of carbonyl (C=O) groups excluding carboxylic acids is 2. The first kappa shape index (κ1) is 20.9. The molecule has 6 nitrogen and oxygen atoms in total. The number of benzene rings is 2. The van der Waals surface area contributed by atoms with Crippen molar-refractivity contribution in [1.82, 2.24) is 14.9 Å². The Labute approximate surface area is 188 Å². The van der Waals surface area contributed by atoms with Gasteiger partial charge in [0, 0.05) is 22.5 Å². The second-order valence-electron chi connectivity index (χ2n) is 6.93.